The molecule has 4 rings (SSSR count). The number of rotatable bonds is 4. The molecule has 0 aliphatic carbocycles. The first-order chi connectivity index (χ1) is 13.7. The maximum atomic E-state index is 8.36. The molecule has 7 nitrogen and oxygen atoms in total. The summed E-state index contributed by atoms with van der Waals surface area (Å²) in [6, 6.07) is 13.9. The Morgan fingerprint density at radius 2 is 1.71 bits per heavy atom. The first-order valence-corrected chi connectivity index (χ1v) is 8.30. The first kappa shape index (κ1) is 18.9. The van der Waals surface area contributed by atoms with Crippen LogP contribution in [0, 0.1) is 0 Å². The fourth-order valence-electron chi connectivity index (χ4n) is 2.91. The van der Waals surface area contributed by atoms with Gasteiger partial charge in [0.2, 0.25) is 0 Å². The van der Waals surface area contributed by atoms with Crippen molar-refractivity contribution in [3.05, 3.63) is 61.2 Å². The molecular weight excluding hydrogens is 360 g/mol. The first-order valence-electron chi connectivity index (χ1n) is 8.30. The summed E-state index contributed by atoms with van der Waals surface area (Å²) >= 11 is 0. The zero-order valence-electron chi connectivity index (χ0n) is 15.3. The lowest BCUT2D eigenvalue weighted by Crippen LogP contribution is -1.94. The standard InChI is InChI=1S/C20H16N2O3.CH2O2/c1-23-19-9-16-17(11-21-22-18(16)10-20(19)24-2)14-5-3-4-13(8-14)15-6-7-25-12-15;2-1-3/h3-12H,1-2H3;1H,(H,2,3). The SMILES string of the molecule is COc1cc2nncc(-c3cccc(-c4ccoc4)c3)c2cc1OC.O=CO. The van der Waals surface area contributed by atoms with Crippen LogP contribution < -0.4 is 9.47 Å². The minimum atomic E-state index is -0.250. The maximum absolute atomic E-state index is 8.36. The van der Waals surface area contributed by atoms with Crippen molar-refractivity contribution in [1.82, 2.24) is 10.2 Å². The lowest BCUT2D eigenvalue weighted by molar-refractivity contribution is -0.122. The highest BCUT2D eigenvalue weighted by atomic mass is 16.5. The van der Waals surface area contributed by atoms with E-state index in [9.17, 15) is 0 Å². The third-order valence-corrected chi connectivity index (χ3v) is 4.17. The number of carboxylic acid groups (broad SMARTS) is 1. The van der Waals surface area contributed by atoms with Crippen molar-refractivity contribution in [1.29, 1.82) is 0 Å². The molecular formula is C21H18N2O5. The topological polar surface area (TPSA) is 94.7 Å². The summed E-state index contributed by atoms with van der Waals surface area (Å²) in [6.07, 6.45) is 5.17. The predicted molar refractivity (Wildman–Crippen MR) is 104 cm³/mol. The van der Waals surface area contributed by atoms with Crippen LogP contribution in [0.3, 0.4) is 0 Å². The third-order valence-electron chi connectivity index (χ3n) is 4.17. The number of fused-ring (bicyclic) bond motifs is 1. The minimum absolute atomic E-state index is 0.250. The van der Waals surface area contributed by atoms with E-state index in [0.717, 1.165) is 33.2 Å². The Morgan fingerprint density at radius 1 is 1.00 bits per heavy atom. The molecule has 4 aromatic rings. The Balaban J connectivity index is 0.000000706. The van der Waals surface area contributed by atoms with E-state index >= 15 is 0 Å². The van der Waals surface area contributed by atoms with Crippen LogP contribution in [0.5, 0.6) is 11.5 Å². The van der Waals surface area contributed by atoms with Gasteiger partial charge in [-0.2, -0.15) is 10.2 Å². The normalized spacial score (nSPS) is 10.1. The molecule has 0 bridgehead atoms. The number of carbonyl (C=O) groups is 1. The minimum Gasteiger partial charge on any atom is -0.493 e. The largest absolute Gasteiger partial charge is 0.493 e. The number of benzene rings is 2. The molecule has 0 amide bonds. The van der Waals surface area contributed by atoms with Crippen LogP contribution in [0.4, 0.5) is 0 Å². The smallest absolute Gasteiger partial charge is 0.290 e. The Hall–Kier alpha value is -3.87. The van der Waals surface area contributed by atoms with Crippen LogP contribution in [-0.4, -0.2) is 36.0 Å². The lowest BCUT2D eigenvalue weighted by Gasteiger charge is -2.11. The van der Waals surface area contributed by atoms with Crippen molar-refractivity contribution in [2.24, 2.45) is 0 Å². The second kappa shape index (κ2) is 8.68. The molecule has 142 valence electrons. The van der Waals surface area contributed by atoms with Gasteiger partial charge in [-0.15, -0.1) is 0 Å². The molecule has 2 aromatic carbocycles. The highest BCUT2D eigenvalue weighted by Gasteiger charge is 2.12. The summed E-state index contributed by atoms with van der Waals surface area (Å²) < 4.78 is 16.0. The summed E-state index contributed by atoms with van der Waals surface area (Å²) in [5.41, 5.74) is 4.90. The Labute approximate surface area is 161 Å². The van der Waals surface area contributed by atoms with Gasteiger partial charge in [0.05, 0.1) is 38.5 Å². The molecule has 0 saturated heterocycles. The lowest BCUT2D eigenvalue weighted by atomic mass is 9.98. The van der Waals surface area contributed by atoms with E-state index in [1.54, 1.807) is 32.9 Å². The number of hydrogen-bond donors (Lipinski definition) is 1. The highest BCUT2D eigenvalue weighted by Crippen LogP contribution is 2.36. The van der Waals surface area contributed by atoms with Crippen molar-refractivity contribution < 1.29 is 23.8 Å². The molecule has 7 heteroatoms. The van der Waals surface area contributed by atoms with Crippen LogP contribution in [0.2, 0.25) is 0 Å². The van der Waals surface area contributed by atoms with Crippen molar-refractivity contribution >= 4 is 17.4 Å². The van der Waals surface area contributed by atoms with Crippen LogP contribution in [0.15, 0.2) is 65.6 Å². The molecule has 0 saturated carbocycles. The maximum Gasteiger partial charge on any atom is 0.290 e. The predicted octanol–water partition coefficient (Wildman–Crippen LogP) is 4.27. The van der Waals surface area contributed by atoms with Gasteiger partial charge in [-0.3, -0.25) is 4.79 Å². The van der Waals surface area contributed by atoms with Crippen LogP contribution in [0.25, 0.3) is 33.2 Å². The average molecular weight is 378 g/mol. The van der Waals surface area contributed by atoms with Gasteiger partial charge in [0.1, 0.15) is 0 Å². The number of ether oxygens (including phenoxy) is 2. The van der Waals surface area contributed by atoms with Crippen molar-refractivity contribution in [3.8, 4) is 33.8 Å². The van der Waals surface area contributed by atoms with Crippen LogP contribution >= 0.6 is 0 Å². The van der Waals surface area contributed by atoms with Gasteiger partial charge < -0.3 is 19.0 Å². The zero-order chi connectivity index (χ0) is 19.9. The van der Waals surface area contributed by atoms with Crippen molar-refractivity contribution in [2.45, 2.75) is 0 Å². The number of furan rings is 1. The Kier molecular flexibility index (Phi) is 5.86. The van der Waals surface area contributed by atoms with Crippen molar-refractivity contribution in [2.75, 3.05) is 14.2 Å². The second-order valence-corrected chi connectivity index (χ2v) is 5.68. The van der Waals surface area contributed by atoms with Gasteiger partial charge >= 0.3 is 0 Å². The second-order valence-electron chi connectivity index (χ2n) is 5.68. The number of hydrogen-bond acceptors (Lipinski definition) is 6. The number of aromatic nitrogens is 2. The average Bonchev–Trinajstić information content (AvgIpc) is 3.28. The molecule has 0 fully saturated rings. The van der Waals surface area contributed by atoms with Crippen LogP contribution in [0.1, 0.15) is 0 Å². The molecule has 0 aliphatic heterocycles. The summed E-state index contributed by atoms with van der Waals surface area (Å²) in [6.45, 7) is -0.250. The Morgan fingerprint density at radius 3 is 2.39 bits per heavy atom. The van der Waals surface area contributed by atoms with Gasteiger partial charge in [0.15, 0.2) is 11.5 Å². The fraction of sp³-hybridized carbons (Fsp3) is 0.0952. The molecule has 2 heterocycles. The van der Waals surface area contributed by atoms with E-state index in [4.69, 9.17) is 23.8 Å². The van der Waals surface area contributed by atoms with Crippen LogP contribution in [-0.2, 0) is 4.79 Å². The summed E-state index contributed by atoms with van der Waals surface area (Å²) in [5.74, 6) is 1.30. The molecule has 0 unspecified atom stereocenters. The molecule has 0 spiro atoms. The molecule has 2 aromatic heterocycles. The third kappa shape index (κ3) is 3.78. The van der Waals surface area contributed by atoms with Crippen molar-refractivity contribution in [3.63, 3.8) is 0 Å². The summed E-state index contributed by atoms with van der Waals surface area (Å²) in [4.78, 5) is 8.36. The van der Waals surface area contributed by atoms with Gasteiger partial charge in [-0.25, -0.2) is 0 Å². The molecule has 28 heavy (non-hydrogen) atoms. The quantitative estimate of drug-likeness (QED) is 0.530. The summed E-state index contributed by atoms with van der Waals surface area (Å²) in [5, 5.41) is 16.2. The fourth-order valence-corrected chi connectivity index (χ4v) is 2.91. The molecule has 1 N–H and O–H groups in total. The monoisotopic (exact) mass is 378 g/mol. The summed E-state index contributed by atoms with van der Waals surface area (Å²) in [7, 11) is 3.23. The number of nitrogens with zero attached hydrogens (tertiary/aromatic N) is 2. The van der Waals surface area contributed by atoms with E-state index in [0.29, 0.717) is 11.5 Å². The van der Waals surface area contributed by atoms with E-state index in [1.165, 1.54) is 0 Å². The van der Waals surface area contributed by atoms with E-state index in [2.05, 4.69) is 28.4 Å². The van der Waals surface area contributed by atoms with Gasteiger partial charge in [0, 0.05) is 22.6 Å². The number of methoxy groups -OCH3 is 2. The van der Waals surface area contributed by atoms with E-state index in [-0.39, 0.29) is 6.47 Å². The zero-order valence-corrected chi connectivity index (χ0v) is 15.3. The Bertz CT molecular complexity index is 1080. The van der Waals surface area contributed by atoms with Gasteiger partial charge in [0.25, 0.3) is 6.47 Å². The van der Waals surface area contributed by atoms with E-state index in [1.807, 2.05) is 24.3 Å². The molecule has 0 radical (unpaired) electrons. The molecule has 0 aliphatic rings. The highest BCUT2D eigenvalue weighted by molar-refractivity contribution is 5.96. The molecule has 0 atom stereocenters. The van der Waals surface area contributed by atoms with E-state index < -0.39 is 0 Å². The van der Waals surface area contributed by atoms with Gasteiger partial charge in [-0.1, -0.05) is 18.2 Å². The van der Waals surface area contributed by atoms with Gasteiger partial charge in [-0.05, 0) is 29.3 Å².